The van der Waals surface area contributed by atoms with E-state index in [4.69, 9.17) is 14.2 Å². The zero-order chi connectivity index (χ0) is 31.1. The number of hydrogen-bond acceptors (Lipinski definition) is 7. The van der Waals surface area contributed by atoms with Crippen LogP contribution in [-0.4, -0.2) is 59.7 Å². The molecule has 0 aliphatic rings. The quantitative estimate of drug-likeness (QED) is 0.234. The predicted octanol–water partition coefficient (Wildman–Crippen LogP) is 5.22. The first-order valence-corrected chi connectivity index (χ1v) is 13.9. The van der Waals surface area contributed by atoms with Crippen LogP contribution in [0.5, 0.6) is 5.75 Å². The number of carbonyl (C=O) groups excluding carboxylic acids is 3. The molecular formula is C31H41FN4O6. The Hall–Kier alpha value is -4.15. The molecule has 0 fully saturated rings. The Morgan fingerprint density at radius 3 is 2.31 bits per heavy atom. The normalized spacial score (nSPS) is 12.5. The molecule has 228 valence electrons. The van der Waals surface area contributed by atoms with E-state index in [-0.39, 0.29) is 18.1 Å². The van der Waals surface area contributed by atoms with Crippen LogP contribution >= 0.6 is 0 Å². The van der Waals surface area contributed by atoms with Crippen molar-refractivity contribution in [2.24, 2.45) is 5.41 Å². The summed E-state index contributed by atoms with van der Waals surface area (Å²) >= 11 is 0. The molecule has 1 heterocycles. The molecule has 0 spiro atoms. The lowest BCUT2D eigenvalue weighted by molar-refractivity contribution is -0.145. The van der Waals surface area contributed by atoms with E-state index in [1.165, 1.54) is 19.2 Å². The number of amides is 2. The second-order valence-corrected chi connectivity index (χ2v) is 12.1. The number of ether oxygens (including phenoxy) is 3. The van der Waals surface area contributed by atoms with E-state index in [1.807, 2.05) is 26.8 Å². The standard InChI is InChI=1S/C31H41FN4O6/c1-30(2,3)26(28(38)40-7)34-27(37)25-24-22(36(35-25)19-20-13-15-21(32)16-14-20)11-10-12-23(24)41-18-9-8-17-33-29(39)42-31(4,5)6/h10-16,26H,8-9,17-19H2,1-7H3,(H,33,39)(H,34,37)/t26-/m1/s1. The third-order valence-electron chi connectivity index (χ3n) is 6.28. The number of carbonyl (C=O) groups is 3. The molecule has 0 unspecified atom stereocenters. The number of fused-ring (bicyclic) bond motifs is 1. The van der Waals surface area contributed by atoms with Crippen LogP contribution in [0.1, 0.15) is 70.4 Å². The number of hydrogen-bond donors (Lipinski definition) is 2. The van der Waals surface area contributed by atoms with Gasteiger partial charge in [-0.25, -0.2) is 14.0 Å². The van der Waals surface area contributed by atoms with Crippen molar-refractivity contribution >= 4 is 28.9 Å². The minimum Gasteiger partial charge on any atom is -0.493 e. The summed E-state index contributed by atoms with van der Waals surface area (Å²) in [6.07, 6.45) is 0.808. The van der Waals surface area contributed by atoms with Crippen molar-refractivity contribution in [2.45, 2.75) is 72.6 Å². The average molecular weight is 585 g/mol. The van der Waals surface area contributed by atoms with Crippen molar-refractivity contribution in [2.75, 3.05) is 20.3 Å². The minimum atomic E-state index is -0.919. The molecule has 3 rings (SSSR count). The van der Waals surface area contributed by atoms with E-state index >= 15 is 0 Å². The lowest BCUT2D eigenvalue weighted by Gasteiger charge is -2.28. The zero-order valence-electron chi connectivity index (χ0n) is 25.4. The summed E-state index contributed by atoms with van der Waals surface area (Å²) in [5.41, 5.74) is 0.327. The molecule has 0 saturated heterocycles. The molecule has 0 saturated carbocycles. The molecule has 0 bridgehead atoms. The Balaban J connectivity index is 1.84. The SMILES string of the molecule is COC(=O)[C@@H](NC(=O)c1nn(Cc2ccc(F)cc2)c2cccc(OCCCCNC(=O)OC(C)(C)C)c12)C(C)(C)C. The number of unbranched alkanes of at least 4 members (excludes halogenated alkanes) is 1. The van der Waals surface area contributed by atoms with Gasteiger partial charge in [0.15, 0.2) is 5.69 Å². The smallest absolute Gasteiger partial charge is 0.407 e. The molecule has 11 heteroatoms. The monoisotopic (exact) mass is 584 g/mol. The molecular weight excluding hydrogens is 543 g/mol. The highest BCUT2D eigenvalue weighted by Gasteiger charge is 2.35. The molecule has 2 amide bonds. The highest BCUT2D eigenvalue weighted by molar-refractivity contribution is 6.08. The zero-order valence-corrected chi connectivity index (χ0v) is 25.4. The van der Waals surface area contributed by atoms with Gasteiger partial charge in [0.05, 0.1) is 31.2 Å². The number of nitrogens with zero attached hydrogens (tertiary/aromatic N) is 2. The van der Waals surface area contributed by atoms with Gasteiger partial charge in [0.25, 0.3) is 5.91 Å². The summed E-state index contributed by atoms with van der Waals surface area (Å²) in [5, 5.41) is 10.6. The van der Waals surface area contributed by atoms with Gasteiger partial charge in [-0.1, -0.05) is 39.0 Å². The fourth-order valence-electron chi connectivity index (χ4n) is 4.22. The van der Waals surface area contributed by atoms with Gasteiger partial charge in [-0.15, -0.1) is 0 Å². The van der Waals surface area contributed by atoms with Crippen molar-refractivity contribution in [3.8, 4) is 5.75 Å². The number of methoxy groups -OCH3 is 1. The molecule has 2 N–H and O–H groups in total. The van der Waals surface area contributed by atoms with Gasteiger partial charge >= 0.3 is 12.1 Å². The number of benzene rings is 2. The molecule has 42 heavy (non-hydrogen) atoms. The predicted molar refractivity (Wildman–Crippen MR) is 157 cm³/mol. The highest BCUT2D eigenvalue weighted by atomic mass is 19.1. The fraction of sp³-hybridized carbons (Fsp3) is 0.484. The van der Waals surface area contributed by atoms with Crippen molar-refractivity contribution in [3.63, 3.8) is 0 Å². The third-order valence-corrected chi connectivity index (χ3v) is 6.28. The van der Waals surface area contributed by atoms with Crippen molar-refractivity contribution in [3.05, 3.63) is 59.5 Å². The molecule has 0 radical (unpaired) electrons. The first kappa shape index (κ1) is 32.4. The number of nitrogens with one attached hydrogen (secondary N) is 2. The summed E-state index contributed by atoms with van der Waals surface area (Å²) < 4.78 is 31.4. The van der Waals surface area contributed by atoms with Crippen molar-refractivity contribution < 1.29 is 33.0 Å². The van der Waals surface area contributed by atoms with Crippen LogP contribution in [0.4, 0.5) is 9.18 Å². The van der Waals surface area contributed by atoms with E-state index in [9.17, 15) is 18.8 Å². The molecule has 1 aromatic heterocycles. The second-order valence-electron chi connectivity index (χ2n) is 12.1. The number of halogens is 1. The number of aromatic nitrogens is 2. The highest BCUT2D eigenvalue weighted by Crippen LogP contribution is 2.31. The van der Waals surface area contributed by atoms with Crippen LogP contribution in [0.25, 0.3) is 10.9 Å². The first-order chi connectivity index (χ1) is 19.7. The largest absolute Gasteiger partial charge is 0.493 e. The molecule has 2 aromatic carbocycles. The van der Waals surface area contributed by atoms with Gasteiger partial charge < -0.3 is 24.8 Å². The summed E-state index contributed by atoms with van der Waals surface area (Å²) in [5.74, 6) is -1.02. The molecule has 0 aliphatic heterocycles. The van der Waals surface area contributed by atoms with E-state index < -0.39 is 35.0 Å². The van der Waals surface area contributed by atoms with Crippen LogP contribution in [0.2, 0.25) is 0 Å². The van der Waals surface area contributed by atoms with Crippen molar-refractivity contribution in [1.82, 2.24) is 20.4 Å². The summed E-state index contributed by atoms with van der Waals surface area (Å²) in [6, 6.07) is 10.5. The van der Waals surface area contributed by atoms with Gasteiger partial charge in [-0.2, -0.15) is 5.10 Å². The number of rotatable bonds is 11. The lowest BCUT2D eigenvalue weighted by atomic mass is 9.86. The first-order valence-electron chi connectivity index (χ1n) is 13.9. The summed E-state index contributed by atoms with van der Waals surface area (Å²) in [4.78, 5) is 38.0. The molecule has 1 atom stereocenters. The fourth-order valence-corrected chi connectivity index (χ4v) is 4.22. The Labute approximate surface area is 245 Å². The van der Waals surface area contributed by atoms with Crippen LogP contribution in [0, 0.1) is 11.2 Å². The Morgan fingerprint density at radius 2 is 1.69 bits per heavy atom. The second kappa shape index (κ2) is 13.7. The van der Waals surface area contributed by atoms with Gasteiger partial charge in [0, 0.05) is 6.54 Å². The van der Waals surface area contributed by atoms with Crippen LogP contribution < -0.4 is 15.4 Å². The van der Waals surface area contributed by atoms with Crippen LogP contribution in [0.3, 0.4) is 0 Å². The maximum atomic E-state index is 13.6. The van der Waals surface area contributed by atoms with Gasteiger partial charge in [0.1, 0.15) is 23.2 Å². The number of esters is 1. The Morgan fingerprint density at radius 1 is 1.00 bits per heavy atom. The average Bonchev–Trinajstić information content (AvgIpc) is 3.27. The maximum Gasteiger partial charge on any atom is 0.407 e. The summed E-state index contributed by atoms with van der Waals surface area (Å²) in [7, 11) is 1.27. The van der Waals surface area contributed by atoms with Gasteiger partial charge in [0.2, 0.25) is 0 Å². The van der Waals surface area contributed by atoms with Gasteiger partial charge in [-0.05, 0) is 68.9 Å². The van der Waals surface area contributed by atoms with Crippen LogP contribution in [-0.2, 0) is 20.8 Å². The lowest BCUT2D eigenvalue weighted by Crippen LogP contribution is -2.49. The number of alkyl carbamates (subject to hydrolysis) is 1. The minimum absolute atomic E-state index is 0.0902. The van der Waals surface area contributed by atoms with Gasteiger partial charge in [-0.3, -0.25) is 9.48 Å². The molecule has 3 aromatic rings. The summed E-state index contributed by atoms with van der Waals surface area (Å²) in [6.45, 7) is 11.9. The van der Waals surface area contributed by atoms with Crippen LogP contribution in [0.15, 0.2) is 42.5 Å². The topological polar surface area (TPSA) is 121 Å². The van der Waals surface area contributed by atoms with E-state index in [0.29, 0.717) is 42.6 Å². The van der Waals surface area contributed by atoms with E-state index in [2.05, 4.69) is 15.7 Å². The van der Waals surface area contributed by atoms with E-state index in [0.717, 1.165) is 5.56 Å². The third kappa shape index (κ3) is 8.92. The Kier molecular flexibility index (Phi) is 10.5. The van der Waals surface area contributed by atoms with E-state index in [1.54, 1.807) is 49.7 Å². The maximum absolute atomic E-state index is 13.6. The van der Waals surface area contributed by atoms with Crippen molar-refractivity contribution in [1.29, 1.82) is 0 Å². The molecule has 10 nitrogen and oxygen atoms in total. The Bertz CT molecular complexity index is 1390. The molecule has 0 aliphatic carbocycles.